The highest BCUT2D eigenvalue weighted by molar-refractivity contribution is 5.87. The maximum absolute atomic E-state index is 11.9. The molecule has 2 bridgehead atoms. The number of allylic oxidation sites excluding steroid dienone is 2. The summed E-state index contributed by atoms with van der Waals surface area (Å²) in [7, 11) is 0. The number of Topliss-reactive ketones (excluding diaryl/α,β-unsaturated/α-hetero) is 1. The van der Waals surface area contributed by atoms with E-state index in [0.717, 1.165) is 25.7 Å². The number of esters is 1. The molecule has 3 heteroatoms. The van der Waals surface area contributed by atoms with E-state index >= 15 is 0 Å². The molecular weight excluding hydrogens is 204 g/mol. The molecule has 0 aliphatic heterocycles. The van der Waals surface area contributed by atoms with Gasteiger partial charge < -0.3 is 4.74 Å². The van der Waals surface area contributed by atoms with Crippen molar-refractivity contribution < 1.29 is 14.3 Å². The summed E-state index contributed by atoms with van der Waals surface area (Å²) in [4.78, 5) is 23.3. The zero-order chi connectivity index (χ0) is 11.1. The molecule has 2 fully saturated rings. The van der Waals surface area contributed by atoms with Crippen LogP contribution in [0, 0.1) is 17.8 Å². The molecule has 4 atom stereocenters. The van der Waals surface area contributed by atoms with Crippen LogP contribution in [0.2, 0.25) is 0 Å². The van der Waals surface area contributed by atoms with Crippen LogP contribution >= 0.6 is 0 Å². The normalized spacial score (nSPS) is 40.6. The lowest BCUT2D eigenvalue weighted by Crippen LogP contribution is -2.28. The standard InChI is InChI=1S/C13H16O3/c14-11-2-1-3-12(11)16-13(15)10-7-8-4-5-9(10)6-8/h4-5,8-10,12H,1-3,6-7H2/t8-,9+,10-,12?/m0/s1. The summed E-state index contributed by atoms with van der Waals surface area (Å²) in [5.41, 5.74) is 0. The van der Waals surface area contributed by atoms with E-state index < -0.39 is 6.10 Å². The number of ether oxygens (including phenoxy) is 1. The number of hydrogen-bond acceptors (Lipinski definition) is 3. The molecule has 2 saturated carbocycles. The molecule has 0 amide bonds. The number of carbonyl (C=O) groups is 2. The molecular formula is C13H16O3. The van der Waals surface area contributed by atoms with E-state index in [4.69, 9.17) is 4.74 Å². The van der Waals surface area contributed by atoms with Crippen LogP contribution in [0.3, 0.4) is 0 Å². The van der Waals surface area contributed by atoms with Crippen molar-refractivity contribution in [3.63, 3.8) is 0 Å². The monoisotopic (exact) mass is 220 g/mol. The second-order valence-corrected chi connectivity index (χ2v) is 5.17. The van der Waals surface area contributed by atoms with Gasteiger partial charge in [-0.15, -0.1) is 0 Å². The predicted molar refractivity (Wildman–Crippen MR) is 57.6 cm³/mol. The van der Waals surface area contributed by atoms with E-state index in [1.807, 2.05) is 0 Å². The van der Waals surface area contributed by atoms with Crippen molar-refractivity contribution in [3.8, 4) is 0 Å². The minimum atomic E-state index is -0.435. The Morgan fingerprint density at radius 2 is 2.19 bits per heavy atom. The first kappa shape index (κ1) is 10.1. The van der Waals surface area contributed by atoms with Crippen molar-refractivity contribution in [2.75, 3.05) is 0 Å². The van der Waals surface area contributed by atoms with Gasteiger partial charge in [0.1, 0.15) is 0 Å². The molecule has 0 saturated heterocycles. The average Bonchev–Trinajstić information content (AvgIpc) is 2.95. The van der Waals surface area contributed by atoms with Crippen LogP contribution < -0.4 is 0 Å². The van der Waals surface area contributed by atoms with Gasteiger partial charge in [0.05, 0.1) is 5.92 Å². The highest BCUT2D eigenvalue weighted by Gasteiger charge is 2.42. The number of hydrogen-bond donors (Lipinski definition) is 0. The summed E-state index contributed by atoms with van der Waals surface area (Å²) in [6.07, 6.45) is 8.09. The molecule has 0 radical (unpaired) electrons. The van der Waals surface area contributed by atoms with Crippen LogP contribution in [0.4, 0.5) is 0 Å². The van der Waals surface area contributed by atoms with E-state index in [0.29, 0.717) is 18.3 Å². The molecule has 0 spiro atoms. The first-order valence-electron chi connectivity index (χ1n) is 6.15. The van der Waals surface area contributed by atoms with Crippen molar-refractivity contribution >= 4 is 11.8 Å². The van der Waals surface area contributed by atoms with Crippen molar-refractivity contribution in [1.29, 1.82) is 0 Å². The van der Waals surface area contributed by atoms with Crippen LogP contribution in [0.1, 0.15) is 32.1 Å². The molecule has 1 unspecified atom stereocenters. The molecule has 16 heavy (non-hydrogen) atoms. The summed E-state index contributed by atoms with van der Waals surface area (Å²) in [6.45, 7) is 0. The van der Waals surface area contributed by atoms with Gasteiger partial charge in [-0.05, 0) is 37.5 Å². The van der Waals surface area contributed by atoms with Crippen LogP contribution in [0.5, 0.6) is 0 Å². The molecule has 0 heterocycles. The van der Waals surface area contributed by atoms with Gasteiger partial charge in [0.25, 0.3) is 0 Å². The fraction of sp³-hybridized carbons (Fsp3) is 0.692. The third-order valence-electron chi connectivity index (χ3n) is 4.09. The Hall–Kier alpha value is -1.12. The topological polar surface area (TPSA) is 43.4 Å². The summed E-state index contributed by atoms with van der Waals surface area (Å²) < 4.78 is 5.34. The fourth-order valence-corrected chi connectivity index (χ4v) is 3.19. The number of fused-ring (bicyclic) bond motifs is 2. The lowest BCUT2D eigenvalue weighted by Gasteiger charge is -2.19. The van der Waals surface area contributed by atoms with Gasteiger partial charge in [-0.3, -0.25) is 9.59 Å². The van der Waals surface area contributed by atoms with Crippen molar-refractivity contribution in [1.82, 2.24) is 0 Å². The molecule has 3 nitrogen and oxygen atoms in total. The lowest BCUT2D eigenvalue weighted by atomic mass is 9.94. The Kier molecular flexibility index (Phi) is 2.34. The molecule has 86 valence electrons. The zero-order valence-electron chi connectivity index (χ0n) is 9.22. The minimum Gasteiger partial charge on any atom is -0.454 e. The highest BCUT2D eigenvalue weighted by Crippen LogP contribution is 2.44. The molecule has 0 N–H and O–H groups in total. The number of rotatable bonds is 2. The van der Waals surface area contributed by atoms with Crippen LogP contribution in [0.15, 0.2) is 12.2 Å². The van der Waals surface area contributed by atoms with Gasteiger partial charge in [0.2, 0.25) is 0 Å². The third kappa shape index (κ3) is 1.58. The molecule has 3 rings (SSSR count). The van der Waals surface area contributed by atoms with Crippen LogP contribution in [-0.2, 0) is 14.3 Å². The first-order valence-corrected chi connectivity index (χ1v) is 6.15. The van der Waals surface area contributed by atoms with E-state index in [-0.39, 0.29) is 17.7 Å². The Morgan fingerprint density at radius 1 is 1.31 bits per heavy atom. The molecule has 3 aliphatic rings. The largest absolute Gasteiger partial charge is 0.454 e. The number of ketones is 1. The summed E-state index contributed by atoms with van der Waals surface area (Å²) in [5, 5.41) is 0. The van der Waals surface area contributed by atoms with Crippen LogP contribution in [0.25, 0.3) is 0 Å². The second kappa shape index (κ2) is 3.72. The van der Waals surface area contributed by atoms with Gasteiger partial charge in [0, 0.05) is 6.42 Å². The minimum absolute atomic E-state index is 0.0170. The summed E-state index contributed by atoms with van der Waals surface area (Å²) >= 11 is 0. The van der Waals surface area contributed by atoms with Crippen molar-refractivity contribution in [2.24, 2.45) is 17.8 Å². The quantitative estimate of drug-likeness (QED) is 0.527. The molecule has 0 aromatic carbocycles. The number of carbonyl (C=O) groups excluding carboxylic acids is 2. The lowest BCUT2D eigenvalue weighted by molar-refractivity contribution is -0.158. The summed E-state index contributed by atoms with van der Waals surface area (Å²) in [5.74, 6) is 0.920. The Bertz CT molecular complexity index is 358. The molecule has 0 aromatic rings. The first-order chi connectivity index (χ1) is 7.74. The van der Waals surface area contributed by atoms with E-state index in [2.05, 4.69) is 12.2 Å². The maximum Gasteiger partial charge on any atom is 0.310 e. The highest BCUT2D eigenvalue weighted by atomic mass is 16.5. The Balaban J connectivity index is 1.61. The SMILES string of the molecule is O=C1CCCC1OC(=O)[C@H]1C[C@H]2C=C[C@@H]1C2. The predicted octanol–water partition coefficient (Wildman–Crippen LogP) is 1.86. The van der Waals surface area contributed by atoms with Gasteiger partial charge in [-0.25, -0.2) is 0 Å². The maximum atomic E-state index is 11.9. The van der Waals surface area contributed by atoms with Crippen molar-refractivity contribution in [2.45, 2.75) is 38.2 Å². The van der Waals surface area contributed by atoms with Crippen molar-refractivity contribution in [3.05, 3.63) is 12.2 Å². The third-order valence-corrected chi connectivity index (χ3v) is 4.09. The molecule has 3 aliphatic carbocycles. The molecule has 0 aromatic heterocycles. The fourth-order valence-electron chi connectivity index (χ4n) is 3.19. The average molecular weight is 220 g/mol. The summed E-state index contributed by atoms with van der Waals surface area (Å²) in [6, 6.07) is 0. The van der Waals surface area contributed by atoms with Gasteiger partial charge in [-0.2, -0.15) is 0 Å². The zero-order valence-corrected chi connectivity index (χ0v) is 9.22. The van der Waals surface area contributed by atoms with Gasteiger partial charge in [0.15, 0.2) is 11.9 Å². The van der Waals surface area contributed by atoms with E-state index in [9.17, 15) is 9.59 Å². The Morgan fingerprint density at radius 3 is 2.75 bits per heavy atom. The van der Waals surface area contributed by atoms with Gasteiger partial charge >= 0.3 is 5.97 Å². The Labute approximate surface area is 94.8 Å². The van der Waals surface area contributed by atoms with Gasteiger partial charge in [-0.1, -0.05) is 12.2 Å². The second-order valence-electron chi connectivity index (χ2n) is 5.17. The smallest absolute Gasteiger partial charge is 0.310 e. The van der Waals surface area contributed by atoms with E-state index in [1.54, 1.807) is 0 Å². The van der Waals surface area contributed by atoms with Crippen LogP contribution in [-0.4, -0.2) is 17.9 Å². The van der Waals surface area contributed by atoms with E-state index in [1.165, 1.54) is 0 Å².